The predicted molar refractivity (Wildman–Crippen MR) is 89.4 cm³/mol. The van der Waals surface area contributed by atoms with E-state index in [0.29, 0.717) is 11.6 Å². The van der Waals surface area contributed by atoms with Crippen LogP contribution in [0.25, 0.3) is 0 Å². The molecule has 0 aliphatic carbocycles. The first-order valence-corrected chi connectivity index (χ1v) is 7.77. The van der Waals surface area contributed by atoms with E-state index in [4.69, 9.17) is 4.74 Å². The van der Waals surface area contributed by atoms with Crippen molar-refractivity contribution in [3.63, 3.8) is 0 Å². The Labute approximate surface area is 136 Å². The van der Waals surface area contributed by atoms with Crippen LogP contribution in [0.1, 0.15) is 49.2 Å². The summed E-state index contributed by atoms with van der Waals surface area (Å²) in [5.74, 6) is -0.559. The maximum absolute atomic E-state index is 12.3. The van der Waals surface area contributed by atoms with Crippen molar-refractivity contribution in [2.24, 2.45) is 0 Å². The number of anilines is 1. The fourth-order valence-corrected chi connectivity index (χ4v) is 2.23. The number of amides is 1. The number of aromatic nitrogens is 1. The van der Waals surface area contributed by atoms with Crippen molar-refractivity contribution >= 4 is 17.6 Å². The summed E-state index contributed by atoms with van der Waals surface area (Å²) < 4.78 is 5.17. The highest BCUT2D eigenvalue weighted by Gasteiger charge is 2.20. The first-order valence-electron chi connectivity index (χ1n) is 7.77. The van der Waals surface area contributed by atoms with Crippen molar-refractivity contribution in [1.29, 1.82) is 0 Å². The maximum atomic E-state index is 12.3. The number of aromatic amines is 1. The lowest BCUT2D eigenvalue weighted by Crippen LogP contribution is -2.30. The standard InChI is InChI=1S/C18H22N2O3/c1-4-12(2)14-8-5-6-9-15(14)20-17(21)13(3)23-18(22)16-10-7-11-19-16/h5-13,19H,4H2,1-3H3,(H,20,21)/t12-,13+/m0/s1. The molecule has 0 fully saturated rings. The number of benzene rings is 1. The Bertz CT molecular complexity index is 665. The number of hydrogen-bond acceptors (Lipinski definition) is 3. The molecule has 0 saturated heterocycles. The SMILES string of the molecule is CC[C@H](C)c1ccccc1NC(=O)[C@@H](C)OC(=O)c1ccc[nH]1. The Morgan fingerprint density at radius 1 is 1.17 bits per heavy atom. The summed E-state index contributed by atoms with van der Waals surface area (Å²) in [7, 11) is 0. The average molecular weight is 314 g/mol. The first-order chi connectivity index (χ1) is 11.0. The van der Waals surface area contributed by atoms with E-state index in [1.807, 2.05) is 24.3 Å². The summed E-state index contributed by atoms with van der Waals surface area (Å²) in [6.07, 6.45) is 1.73. The van der Waals surface area contributed by atoms with Gasteiger partial charge in [-0.2, -0.15) is 0 Å². The Balaban J connectivity index is 2.03. The van der Waals surface area contributed by atoms with Crippen LogP contribution >= 0.6 is 0 Å². The molecule has 0 saturated carbocycles. The molecule has 0 aliphatic rings. The van der Waals surface area contributed by atoms with Gasteiger partial charge in [0.25, 0.3) is 5.91 Å². The quantitative estimate of drug-likeness (QED) is 0.798. The molecule has 23 heavy (non-hydrogen) atoms. The molecule has 1 aromatic carbocycles. The van der Waals surface area contributed by atoms with Crippen LogP contribution in [0.2, 0.25) is 0 Å². The third-order valence-electron chi connectivity index (χ3n) is 3.83. The van der Waals surface area contributed by atoms with E-state index in [9.17, 15) is 9.59 Å². The van der Waals surface area contributed by atoms with Gasteiger partial charge in [0.2, 0.25) is 0 Å². The predicted octanol–water partition coefficient (Wildman–Crippen LogP) is 3.71. The molecule has 2 atom stereocenters. The monoisotopic (exact) mass is 314 g/mol. The molecule has 1 amide bonds. The van der Waals surface area contributed by atoms with Crippen molar-refractivity contribution in [2.45, 2.75) is 39.2 Å². The Morgan fingerprint density at radius 2 is 1.91 bits per heavy atom. The van der Waals surface area contributed by atoms with Gasteiger partial charge in [-0.15, -0.1) is 0 Å². The van der Waals surface area contributed by atoms with Crippen molar-refractivity contribution in [3.8, 4) is 0 Å². The number of para-hydroxylation sites is 1. The number of ether oxygens (including phenoxy) is 1. The Kier molecular flexibility index (Phi) is 5.57. The number of nitrogens with one attached hydrogen (secondary N) is 2. The third-order valence-corrected chi connectivity index (χ3v) is 3.83. The molecule has 2 aromatic rings. The molecule has 5 heteroatoms. The summed E-state index contributed by atoms with van der Waals surface area (Å²) in [5, 5.41) is 2.85. The van der Waals surface area contributed by atoms with Gasteiger partial charge in [-0.05, 0) is 43.0 Å². The van der Waals surface area contributed by atoms with Gasteiger partial charge in [-0.3, -0.25) is 4.79 Å². The van der Waals surface area contributed by atoms with Crippen LogP contribution in [0.5, 0.6) is 0 Å². The van der Waals surface area contributed by atoms with Crippen molar-refractivity contribution in [2.75, 3.05) is 5.32 Å². The topological polar surface area (TPSA) is 71.2 Å². The molecular formula is C18H22N2O3. The van der Waals surface area contributed by atoms with Crippen LogP contribution < -0.4 is 5.32 Å². The number of rotatable bonds is 6. The highest BCUT2D eigenvalue weighted by atomic mass is 16.5. The molecular weight excluding hydrogens is 292 g/mol. The summed E-state index contributed by atoms with van der Waals surface area (Å²) in [6.45, 7) is 5.77. The molecule has 0 aliphatic heterocycles. The molecule has 0 unspecified atom stereocenters. The van der Waals surface area contributed by atoms with Gasteiger partial charge >= 0.3 is 5.97 Å². The molecule has 0 bridgehead atoms. The lowest BCUT2D eigenvalue weighted by molar-refractivity contribution is -0.123. The lowest BCUT2D eigenvalue weighted by atomic mass is 9.97. The van der Waals surface area contributed by atoms with E-state index in [0.717, 1.165) is 17.7 Å². The van der Waals surface area contributed by atoms with Gasteiger partial charge in [-0.1, -0.05) is 32.0 Å². The average Bonchev–Trinajstić information content (AvgIpc) is 3.09. The van der Waals surface area contributed by atoms with E-state index >= 15 is 0 Å². The summed E-state index contributed by atoms with van der Waals surface area (Å²) >= 11 is 0. The second-order valence-electron chi connectivity index (χ2n) is 5.52. The summed E-state index contributed by atoms with van der Waals surface area (Å²) in [5.41, 5.74) is 2.16. The smallest absolute Gasteiger partial charge is 0.355 e. The minimum atomic E-state index is -0.879. The third kappa shape index (κ3) is 4.22. The molecule has 5 nitrogen and oxygen atoms in total. The van der Waals surface area contributed by atoms with Crippen molar-refractivity contribution in [1.82, 2.24) is 4.98 Å². The fourth-order valence-electron chi connectivity index (χ4n) is 2.23. The highest BCUT2D eigenvalue weighted by Crippen LogP contribution is 2.26. The maximum Gasteiger partial charge on any atom is 0.355 e. The van der Waals surface area contributed by atoms with Crippen molar-refractivity contribution in [3.05, 3.63) is 53.9 Å². The van der Waals surface area contributed by atoms with Crippen LogP contribution in [0, 0.1) is 0 Å². The molecule has 0 spiro atoms. The minimum absolute atomic E-state index is 0.324. The summed E-state index contributed by atoms with van der Waals surface area (Å²) in [4.78, 5) is 26.9. The first kappa shape index (κ1) is 16.8. The molecule has 0 radical (unpaired) electrons. The number of esters is 1. The van der Waals surface area contributed by atoms with Gasteiger partial charge < -0.3 is 15.0 Å². The van der Waals surface area contributed by atoms with Crippen LogP contribution in [0.15, 0.2) is 42.6 Å². The van der Waals surface area contributed by atoms with Crippen LogP contribution in [-0.2, 0) is 9.53 Å². The molecule has 1 heterocycles. The normalized spacial score (nSPS) is 13.2. The zero-order chi connectivity index (χ0) is 16.8. The number of H-pyrrole nitrogens is 1. The van der Waals surface area contributed by atoms with E-state index in [2.05, 4.69) is 24.1 Å². The fraction of sp³-hybridized carbons (Fsp3) is 0.333. The number of carbonyl (C=O) groups excluding carboxylic acids is 2. The van der Waals surface area contributed by atoms with Crippen LogP contribution in [0.3, 0.4) is 0 Å². The van der Waals surface area contributed by atoms with Gasteiger partial charge in [0, 0.05) is 11.9 Å². The van der Waals surface area contributed by atoms with Gasteiger partial charge in [0.15, 0.2) is 6.10 Å². The van der Waals surface area contributed by atoms with Crippen LogP contribution in [-0.4, -0.2) is 23.0 Å². The molecule has 122 valence electrons. The van der Waals surface area contributed by atoms with Crippen molar-refractivity contribution < 1.29 is 14.3 Å². The lowest BCUT2D eigenvalue weighted by Gasteiger charge is -2.18. The van der Waals surface area contributed by atoms with Gasteiger partial charge in [0.05, 0.1) is 0 Å². The number of hydrogen-bond donors (Lipinski definition) is 2. The largest absolute Gasteiger partial charge is 0.448 e. The summed E-state index contributed by atoms with van der Waals surface area (Å²) in [6, 6.07) is 11.0. The minimum Gasteiger partial charge on any atom is -0.448 e. The second-order valence-corrected chi connectivity index (χ2v) is 5.52. The zero-order valence-electron chi connectivity index (χ0n) is 13.6. The highest BCUT2D eigenvalue weighted by molar-refractivity contribution is 5.97. The van der Waals surface area contributed by atoms with E-state index < -0.39 is 12.1 Å². The Hall–Kier alpha value is -2.56. The van der Waals surface area contributed by atoms with E-state index in [1.54, 1.807) is 25.3 Å². The Morgan fingerprint density at radius 3 is 2.57 bits per heavy atom. The van der Waals surface area contributed by atoms with E-state index in [1.165, 1.54) is 0 Å². The zero-order valence-corrected chi connectivity index (χ0v) is 13.6. The second kappa shape index (κ2) is 7.63. The molecule has 2 N–H and O–H groups in total. The van der Waals surface area contributed by atoms with Crippen LogP contribution in [0.4, 0.5) is 5.69 Å². The van der Waals surface area contributed by atoms with E-state index in [-0.39, 0.29) is 5.91 Å². The van der Waals surface area contributed by atoms with Gasteiger partial charge in [-0.25, -0.2) is 4.79 Å². The van der Waals surface area contributed by atoms with Gasteiger partial charge in [0.1, 0.15) is 5.69 Å². The molecule has 1 aromatic heterocycles. The number of carbonyl (C=O) groups is 2. The molecule has 2 rings (SSSR count).